The van der Waals surface area contributed by atoms with Gasteiger partial charge in [0.15, 0.2) is 0 Å². The lowest BCUT2D eigenvalue weighted by Crippen LogP contribution is -1.87. The molecule has 11 heavy (non-hydrogen) atoms. The first kappa shape index (κ1) is 7.73. The molecule has 1 aromatic rings. The van der Waals surface area contributed by atoms with Crippen molar-refractivity contribution in [3.63, 3.8) is 0 Å². The first-order valence-electron chi connectivity index (χ1n) is 3.12. The van der Waals surface area contributed by atoms with Crippen molar-refractivity contribution in [3.05, 3.63) is 35.4 Å². The van der Waals surface area contributed by atoms with Crippen molar-refractivity contribution in [2.75, 3.05) is 0 Å². The Morgan fingerprint density at radius 1 is 1.55 bits per heavy atom. The standard InChI is InChI=1S/C8H7NO2/c9-5-7-2-1-3-8(4-7)6-11-10/h1-4,10H,6H2. The summed E-state index contributed by atoms with van der Waals surface area (Å²) in [5.74, 6) is 0. The molecule has 0 aliphatic rings. The molecule has 1 N–H and O–H groups in total. The van der Waals surface area contributed by atoms with Crippen molar-refractivity contribution in [2.24, 2.45) is 0 Å². The third-order valence-electron chi connectivity index (χ3n) is 1.29. The van der Waals surface area contributed by atoms with Gasteiger partial charge in [-0.15, -0.1) is 0 Å². The molecule has 0 aliphatic carbocycles. The summed E-state index contributed by atoms with van der Waals surface area (Å²) < 4.78 is 0. The van der Waals surface area contributed by atoms with Crippen LogP contribution in [0.4, 0.5) is 0 Å². The van der Waals surface area contributed by atoms with Crippen LogP contribution in [0.2, 0.25) is 0 Å². The zero-order valence-electron chi connectivity index (χ0n) is 5.82. The summed E-state index contributed by atoms with van der Waals surface area (Å²) in [6.07, 6.45) is 0. The second-order valence-corrected chi connectivity index (χ2v) is 2.09. The number of nitriles is 1. The van der Waals surface area contributed by atoms with E-state index in [0.717, 1.165) is 5.56 Å². The van der Waals surface area contributed by atoms with Gasteiger partial charge in [0.25, 0.3) is 0 Å². The van der Waals surface area contributed by atoms with Crippen LogP contribution in [0, 0.1) is 11.3 Å². The summed E-state index contributed by atoms with van der Waals surface area (Å²) in [7, 11) is 0. The van der Waals surface area contributed by atoms with Gasteiger partial charge in [0.2, 0.25) is 0 Å². The molecule has 1 rings (SSSR count). The minimum Gasteiger partial charge on any atom is -0.251 e. The van der Waals surface area contributed by atoms with E-state index >= 15 is 0 Å². The lowest BCUT2D eigenvalue weighted by Gasteiger charge is -1.96. The molecule has 0 saturated heterocycles. The SMILES string of the molecule is N#Cc1cccc(COO)c1. The average Bonchev–Trinajstić information content (AvgIpc) is 2.06. The Kier molecular flexibility index (Phi) is 2.61. The second kappa shape index (κ2) is 3.71. The zero-order valence-corrected chi connectivity index (χ0v) is 5.82. The molecule has 0 amide bonds. The molecule has 0 heterocycles. The summed E-state index contributed by atoms with van der Waals surface area (Å²) in [6.45, 7) is 0.121. The molecule has 0 unspecified atom stereocenters. The number of nitrogens with zero attached hydrogens (tertiary/aromatic N) is 1. The van der Waals surface area contributed by atoms with Gasteiger partial charge < -0.3 is 0 Å². The van der Waals surface area contributed by atoms with Crippen molar-refractivity contribution < 1.29 is 10.1 Å². The maximum atomic E-state index is 8.48. The Morgan fingerprint density at radius 2 is 2.36 bits per heavy atom. The predicted molar refractivity (Wildman–Crippen MR) is 38.6 cm³/mol. The first-order chi connectivity index (χ1) is 5.36. The lowest BCUT2D eigenvalue weighted by molar-refractivity contribution is -0.253. The van der Waals surface area contributed by atoms with Gasteiger partial charge in [-0.1, -0.05) is 12.1 Å². The van der Waals surface area contributed by atoms with Crippen LogP contribution in [0.1, 0.15) is 11.1 Å². The van der Waals surface area contributed by atoms with Crippen LogP contribution in [0.5, 0.6) is 0 Å². The Balaban J connectivity index is 2.85. The highest BCUT2D eigenvalue weighted by molar-refractivity contribution is 5.32. The summed E-state index contributed by atoms with van der Waals surface area (Å²) in [6, 6.07) is 8.86. The van der Waals surface area contributed by atoms with E-state index in [9.17, 15) is 0 Å². The first-order valence-corrected chi connectivity index (χ1v) is 3.12. The van der Waals surface area contributed by atoms with Crippen LogP contribution in [-0.4, -0.2) is 5.26 Å². The highest BCUT2D eigenvalue weighted by Gasteiger charge is 1.93. The molecule has 0 fully saturated rings. The van der Waals surface area contributed by atoms with Crippen molar-refractivity contribution in [2.45, 2.75) is 6.61 Å². The summed E-state index contributed by atoms with van der Waals surface area (Å²) >= 11 is 0. The largest absolute Gasteiger partial charge is 0.251 e. The van der Waals surface area contributed by atoms with Crippen molar-refractivity contribution in [1.29, 1.82) is 5.26 Å². The fourth-order valence-corrected chi connectivity index (χ4v) is 0.805. The third kappa shape index (κ3) is 2.04. The van der Waals surface area contributed by atoms with Gasteiger partial charge in [-0.25, -0.2) is 4.89 Å². The molecule has 3 heteroatoms. The Labute approximate surface area is 64.4 Å². The highest BCUT2D eigenvalue weighted by Crippen LogP contribution is 2.04. The molecule has 1 aromatic carbocycles. The topological polar surface area (TPSA) is 53.2 Å². The molecule has 0 aromatic heterocycles. The molecular formula is C8H7NO2. The number of benzene rings is 1. The average molecular weight is 149 g/mol. The number of hydrogen-bond acceptors (Lipinski definition) is 3. The van der Waals surface area contributed by atoms with Crippen LogP contribution in [-0.2, 0) is 11.5 Å². The van der Waals surface area contributed by atoms with Gasteiger partial charge in [-0.2, -0.15) is 5.26 Å². The number of hydrogen-bond donors (Lipinski definition) is 1. The fourth-order valence-electron chi connectivity index (χ4n) is 0.805. The van der Waals surface area contributed by atoms with Crippen molar-refractivity contribution in [1.82, 2.24) is 0 Å². The quantitative estimate of drug-likeness (QED) is 0.512. The third-order valence-corrected chi connectivity index (χ3v) is 1.29. The molecular weight excluding hydrogens is 142 g/mol. The minimum atomic E-state index is 0.121. The van der Waals surface area contributed by atoms with Crippen LogP contribution < -0.4 is 0 Å². The summed E-state index contributed by atoms with van der Waals surface area (Å²) in [5, 5.41) is 16.6. The number of rotatable bonds is 2. The second-order valence-electron chi connectivity index (χ2n) is 2.09. The smallest absolute Gasteiger partial charge is 0.107 e. The molecule has 0 spiro atoms. The van der Waals surface area contributed by atoms with Gasteiger partial charge in [-0.05, 0) is 17.7 Å². The summed E-state index contributed by atoms with van der Waals surface area (Å²) in [4.78, 5) is 3.92. The van der Waals surface area contributed by atoms with Crippen LogP contribution in [0.15, 0.2) is 24.3 Å². The minimum absolute atomic E-state index is 0.121. The Morgan fingerprint density at radius 3 is 3.00 bits per heavy atom. The maximum absolute atomic E-state index is 8.48. The van der Waals surface area contributed by atoms with E-state index in [2.05, 4.69) is 4.89 Å². The van der Waals surface area contributed by atoms with E-state index in [1.807, 2.05) is 6.07 Å². The van der Waals surface area contributed by atoms with Gasteiger partial charge in [0, 0.05) is 0 Å². The predicted octanol–water partition coefficient (Wildman–Crippen LogP) is 1.55. The van der Waals surface area contributed by atoms with E-state index in [-0.39, 0.29) is 6.61 Å². The maximum Gasteiger partial charge on any atom is 0.107 e. The van der Waals surface area contributed by atoms with E-state index in [0.29, 0.717) is 5.56 Å². The van der Waals surface area contributed by atoms with E-state index in [1.165, 1.54) is 0 Å². The molecule has 0 radical (unpaired) electrons. The molecule has 3 nitrogen and oxygen atoms in total. The highest BCUT2D eigenvalue weighted by atomic mass is 17.1. The van der Waals surface area contributed by atoms with Gasteiger partial charge in [-0.3, -0.25) is 5.26 Å². The Bertz CT molecular complexity index is 278. The van der Waals surface area contributed by atoms with Gasteiger partial charge in [0.05, 0.1) is 11.6 Å². The lowest BCUT2D eigenvalue weighted by atomic mass is 10.1. The molecule has 0 saturated carbocycles. The van der Waals surface area contributed by atoms with Crippen LogP contribution in [0.3, 0.4) is 0 Å². The normalized spacial score (nSPS) is 9.09. The van der Waals surface area contributed by atoms with Gasteiger partial charge in [0.1, 0.15) is 6.61 Å². The van der Waals surface area contributed by atoms with E-state index in [1.54, 1.807) is 24.3 Å². The van der Waals surface area contributed by atoms with Gasteiger partial charge >= 0.3 is 0 Å². The molecule has 0 aliphatic heterocycles. The Hall–Kier alpha value is -1.37. The van der Waals surface area contributed by atoms with Crippen molar-refractivity contribution >= 4 is 0 Å². The van der Waals surface area contributed by atoms with E-state index in [4.69, 9.17) is 10.5 Å². The zero-order chi connectivity index (χ0) is 8.10. The van der Waals surface area contributed by atoms with Crippen molar-refractivity contribution in [3.8, 4) is 6.07 Å². The van der Waals surface area contributed by atoms with Crippen LogP contribution in [0.25, 0.3) is 0 Å². The summed E-state index contributed by atoms with van der Waals surface area (Å²) in [5.41, 5.74) is 1.35. The molecule has 56 valence electrons. The molecule has 0 atom stereocenters. The molecule has 0 bridgehead atoms. The fraction of sp³-hybridized carbons (Fsp3) is 0.125. The van der Waals surface area contributed by atoms with Crippen LogP contribution >= 0.6 is 0 Å². The van der Waals surface area contributed by atoms with E-state index < -0.39 is 0 Å². The monoisotopic (exact) mass is 149 g/mol.